The first-order valence-electron chi connectivity index (χ1n) is 6.84. The van der Waals surface area contributed by atoms with E-state index in [1.54, 1.807) is 6.20 Å². The first-order valence-corrected chi connectivity index (χ1v) is 7.60. The van der Waals surface area contributed by atoms with Gasteiger partial charge in [-0.15, -0.1) is 0 Å². The number of imidazole rings is 1. The van der Waals surface area contributed by atoms with Gasteiger partial charge in [-0.05, 0) is 37.1 Å². The van der Waals surface area contributed by atoms with Crippen molar-refractivity contribution in [3.63, 3.8) is 0 Å². The van der Waals surface area contributed by atoms with Gasteiger partial charge in [0.1, 0.15) is 0 Å². The molecule has 0 spiro atoms. The summed E-state index contributed by atoms with van der Waals surface area (Å²) in [6.07, 6.45) is 7.71. The largest absolute Gasteiger partial charge is 0.337 e. The summed E-state index contributed by atoms with van der Waals surface area (Å²) >= 11 is 12.0. The van der Waals surface area contributed by atoms with Gasteiger partial charge in [0, 0.05) is 25.0 Å². The van der Waals surface area contributed by atoms with Crippen molar-refractivity contribution in [3.05, 3.63) is 52.5 Å². The Labute approximate surface area is 129 Å². The quantitative estimate of drug-likeness (QED) is 0.772. The summed E-state index contributed by atoms with van der Waals surface area (Å²) < 4.78 is 2.09. The van der Waals surface area contributed by atoms with Crippen molar-refractivity contribution in [2.45, 2.75) is 32.4 Å². The molecule has 0 fully saturated rings. The van der Waals surface area contributed by atoms with Crippen molar-refractivity contribution in [1.29, 1.82) is 0 Å². The van der Waals surface area contributed by atoms with Gasteiger partial charge < -0.3 is 9.88 Å². The highest BCUT2D eigenvalue weighted by Crippen LogP contribution is 2.26. The van der Waals surface area contributed by atoms with Crippen molar-refractivity contribution in [3.8, 4) is 0 Å². The lowest BCUT2D eigenvalue weighted by atomic mass is 10.0. The second kappa shape index (κ2) is 7.67. The minimum Gasteiger partial charge on any atom is -0.337 e. The molecule has 0 bridgehead atoms. The normalized spacial score (nSPS) is 12.6. The number of aryl methyl sites for hydroxylation is 1. The number of hydrogen-bond donors (Lipinski definition) is 1. The molecule has 0 aliphatic heterocycles. The molecular formula is C15H19Cl2N3. The van der Waals surface area contributed by atoms with E-state index in [9.17, 15) is 0 Å². The van der Waals surface area contributed by atoms with Gasteiger partial charge in [-0.2, -0.15) is 0 Å². The predicted molar refractivity (Wildman–Crippen MR) is 84.3 cm³/mol. The molecule has 5 heteroatoms. The highest BCUT2D eigenvalue weighted by molar-refractivity contribution is 6.42. The summed E-state index contributed by atoms with van der Waals surface area (Å²) in [4.78, 5) is 4.03. The summed E-state index contributed by atoms with van der Waals surface area (Å²) in [5.41, 5.74) is 1.18. The third kappa shape index (κ3) is 4.23. The van der Waals surface area contributed by atoms with Crippen molar-refractivity contribution < 1.29 is 0 Å². The maximum Gasteiger partial charge on any atom is 0.0945 e. The number of nitrogens with zero attached hydrogens (tertiary/aromatic N) is 2. The van der Waals surface area contributed by atoms with Crippen LogP contribution in [0, 0.1) is 0 Å². The third-order valence-corrected chi connectivity index (χ3v) is 4.04. The molecule has 1 atom stereocenters. The molecule has 2 aromatic rings. The summed E-state index contributed by atoms with van der Waals surface area (Å²) in [6, 6.07) is 6.15. The van der Waals surface area contributed by atoms with Gasteiger partial charge in [0.25, 0.3) is 0 Å². The maximum atomic E-state index is 6.07. The standard InChI is InChI=1S/C15H19Cl2N3/c1-2-15(12-4-5-13(16)14(17)10-12)19-6-3-8-20-9-7-18-11-20/h4-5,7,9-11,15,19H,2-3,6,8H2,1H3. The van der Waals surface area contributed by atoms with Crippen LogP contribution in [0.1, 0.15) is 31.4 Å². The average molecular weight is 312 g/mol. The van der Waals surface area contributed by atoms with Crippen molar-refractivity contribution in [2.75, 3.05) is 6.54 Å². The van der Waals surface area contributed by atoms with Gasteiger partial charge >= 0.3 is 0 Å². The van der Waals surface area contributed by atoms with Crippen molar-refractivity contribution in [2.24, 2.45) is 0 Å². The van der Waals surface area contributed by atoms with E-state index in [0.29, 0.717) is 16.1 Å². The highest BCUT2D eigenvalue weighted by Gasteiger charge is 2.10. The zero-order valence-corrected chi connectivity index (χ0v) is 13.0. The molecule has 108 valence electrons. The Kier molecular flexibility index (Phi) is 5.89. The summed E-state index contributed by atoms with van der Waals surface area (Å²) in [6.45, 7) is 4.10. The van der Waals surface area contributed by atoms with E-state index in [4.69, 9.17) is 23.2 Å². The lowest BCUT2D eigenvalue weighted by Gasteiger charge is -2.18. The minimum atomic E-state index is 0.313. The van der Waals surface area contributed by atoms with E-state index in [2.05, 4.69) is 21.8 Å². The monoisotopic (exact) mass is 311 g/mol. The van der Waals surface area contributed by atoms with Crippen LogP contribution < -0.4 is 5.32 Å². The van der Waals surface area contributed by atoms with E-state index in [1.165, 1.54) is 5.56 Å². The molecule has 0 amide bonds. The van der Waals surface area contributed by atoms with Crippen molar-refractivity contribution in [1.82, 2.24) is 14.9 Å². The van der Waals surface area contributed by atoms with Crippen LogP contribution in [0.4, 0.5) is 0 Å². The molecule has 0 saturated heterocycles. The SMILES string of the molecule is CCC(NCCCn1ccnc1)c1ccc(Cl)c(Cl)c1. The second-order valence-corrected chi connectivity index (χ2v) is 5.56. The Bertz CT molecular complexity index is 526. The third-order valence-electron chi connectivity index (χ3n) is 3.30. The number of nitrogens with one attached hydrogen (secondary N) is 1. The smallest absolute Gasteiger partial charge is 0.0945 e. The number of hydrogen-bond acceptors (Lipinski definition) is 2. The first kappa shape index (κ1) is 15.4. The van der Waals surface area contributed by atoms with E-state index >= 15 is 0 Å². The fourth-order valence-corrected chi connectivity index (χ4v) is 2.49. The molecule has 2 rings (SSSR count). The van der Waals surface area contributed by atoms with Crippen LogP contribution in [-0.4, -0.2) is 16.1 Å². The van der Waals surface area contributed by atoms with Gasteiger partial charge in [0.05, 0.1) is 16.4 Å². The summed E-state index contributed by atoms with van der Waals surface area (Å²) in [5.74, 6) is 0. The van der Waals surface area contributed by atoms with Gasteiger partial charge in [-0.3, -0.25) is 0 Å². The van der Waals surface area contributed by atoms with Crippen LogP contribution in [-0.2, 0) is 6.54 Å². The Morgan fingerprint density at radius 2 is 2.15 bits per heavy atom. The van der Waals surface area contributed by atoms with Gasteiger partial charge in [-0.25, -0.2) is 4.98 Å². The fraction of sp³-hybridized carbons (Fsp3) is 0.400. The Balaban J connectivity index is 1.84. The Morgan fingerprint density at radius 3 is 2.80 bits per heavy atom. The number of benzene rings is 1. The molecule has 0 radical (unpaired) electrons. The number of rotatable bonds is 7. The van der Waals surface area contributed by atoms with E-state index < -0.39 is 0 Å². The average Bonchev–Trinajstić information content (AvgIpc) is 2.95. The molecule has 1 heterocycles. The summed E-state index contributed by atoms with van der Waals surface area (Å²) in [7, 11) is 0. The molecule has 1 unspecified atom stereocenters. The lowest BCUT2D eigenvalue weighted by molar-refractivity contribution is 0.491. The van der Waals surface area contributed by atoms with E-state index in [1.807, 2.05) is 30.7 Å². The van der Waals surface area contributed by atoms with Crippen LogP contribution in [0.3, 0.4) is 0 Å². The maximum absolute atomic E-state index is 6.07. The number of aromatic nitrogens is 2. The van der Waals surface area contributed by atoms with Gasteiger partial charge in [-0.1, -0.05) is 36.2 Å². The van der Waals surface area contributed by atoms with Crippen LogP contribution in [0.5, 0.6) is 0 Å². The molecule has 0 saturated carbocycles. The fourth-order valence-electron chi connectivity index (χ4n) is 2.18. The molecule has 1 aromatic heterocycles. The van der Waals surface area contributed by atoms with Crippen molar-refractivity contribution >= 4 is 23.2 Å². The van der Waals surface area contributed by atoms with E-state index in [-0.39, 0.29) is 0 Å². The number of halogens is 2. The molecule has 0 aliphatic rings. The van der Waals surface area contributed by atoms with Gasteiger partial charge in [0.2, 0.25) is 0 Å². The minimum absolute atomic E-state index is 0.313. The zero-order chi connectivity index (χ0) is 14.4. The molecular weight excluding hydrogens is 293 g/mol. The zero-order valence-electron chi connectivity index (χ0n) is 11.5. The van der Waals surface area contributed by atoms with Crippen LogP contribution in [0.2, 0.25) is 10.0 Å². The van der Waals surface area contributed by atoms with Crippen LogP contribution in [0.25, 0.3) is 0 Å². The topological polar surface area (TPSA) is 29.9 Å². The van der Waals surface area contributed by atoms with Crippen LogP contribution in [0.15, 0.2) is 36.9 Å². The summed E-state index contributed by atoms with van der Waals surface area (Å²) in [5, 5.41) is 4.78. The Hall–Kier alpha value is -1.03. The molecule has 3 nitrogen and oxygen atoms in total. The highest BCUT2D eigenvalue weighted by atomic mass is 35.5. The molecule has 1 aromatic carbocycles. The van der Waals surface area contributed by atoms with E-state index in [0.717, 1.165) is 25.9 Å². The predicted octanol–water partition coefficient (Wildman–Crippen LogP) is 4.32. The first-order chi connectivity index (χ1) is 9.70. The molecule has 20 heavy (non-hydrogen) atoms. The van der Waals surface area contributed by atoms with Gasteiger partial charge in [0.15, 0.2) is 0 Å². The van der Waals surface area contributed by atoms with Crippen LogP contribution >= 0.6 is 23.2 Å². The Morgan fingerprint density at radius 1 is 1.30 bits per heavy atom. The molecule has 0 aliphatic carbocycles. The molecule has 1 N–H and O–H groups in total. The lowest BCUT2D eigenvalue weighted by Crippen LogP contribution is -2.22. The second-order valence-electron chi connectivity index (χ2n) is 4.74.